The van der Waals surface area contributed by atoms with E-state index in [1.807, 2.05) is 28.8 Å². The van der Waals surface area contributed by atoms with Crippen LogP contribution in [0, 0.1) is 0 Å². The van der Waals surface area contributed by atoms with Crippen molar-refractivity contribution in [1.82, 2.24) is 14.5 Å². The molecule has 1 N–H and O–H groups in total. The lowest BCUT2D eigenvalue weighted by Gasteiger charge is -2.20. The number of hydrogen-bond donors (Lipinski definition) is 1. The number of halogens is 1. The fourth-order valence-corrected chi connectivity index (χ4v) is 4.72. The Morgan fingerprint density at radius 3 is 2.66 bits per heavy atom. The van der Waals surface area contributed by atoms with Gasteiger partial charge in [-0.25, -0.2) is 4.79 Å². The van der Waals surface area contributed by atoms with Gasteiger partial charge in [0.2, 0.25) is 5.91 Å². The van der Waals surface area contributed by atoms with Crippen molar-refractivity contribution in [2.75, 3.05) is 30.7 Å². The van der Waals surface area contributed by atoms with E-state index >= 15 is 0 Å². The number of carbonyl (C=O) groups is 1. The molecule has 0 bridgehead atoms. The Hall–Kier alpha value is -1.64. The van der Waals surface area contributed by atoms with E-state index in [1.54, 1.807) is 0 Å². The largest absolute Gasteiger partial charge is 0.348 e. The van der Waals surface area contributed by atoms with Crippen molar-refractivity contribution in [3.05, 3.63) is 50.5 Å². The average molecular weight is 479 g/mol. The Bertz CT molecular complexity index is 910. The molecule has 1 aromatic heterocycles. The third-order valence-electron chi connectivity index (χ3n) is 5.20. The maximum Gasteiger partial charge on any atom is 0.348 e. The van der Waals surface area contributed by atoms with Gasteiger partial charge >= 0.3 is 5.69 Å². The zero-order valence-electron chi connectivity index (χ0n) is 16.9. The topological polar surface area (TPSA) is 67.2 Å². The van der Waals surface area contributed by atoms with Crippen molar-refractivity contribution < 1.29 is 4.79 Å². The van der Waals surface area contributed by atoms with Crippen LogP contribution in [0.3, 0.4) is 0 Å². The van der Waals surface area contributed by atoms with Crippen LogP contribution in [0.5, 0.6) is 0 Å². The predicted octanol–water partition coefficient (Wildman–Crippen LogP) is 3.57. The number of aromatic nitrogens is 2. The maximum atomic E-state index is 12.7. The second kappa shape index (κ2) is 10.4. The van der Waals surface area contributed by atoms with Gasteiger partial charge in [0, 0.05) is 34.5 Å². The lowest BCUT2D eigenvalue weighted by atomic mass is 10.2. The third-order valence-corrected chi connectivity index (χ3v) is 6.75. The maximum absolute atomic E-state index is 12.7. The normalized spacial score (nSPS) is 13.0. The molecule has 0 atom stereocenters. The average Bonchev–Trinajstić information content (AvgIpc) is 3.20. The number of carbonyl (C=O) groups excluding carboxylic acids is 1. The van der Waals surface area contributed by atoms with E-state index < -0.39 is 0 Å². The molecule has 1 aliphatic rings. The minimum absolute atomic E-state index is 0.100. The number of anilines is 1. The van der Waals surface area contributed by atoms with E-state index in [2.05, 4.69) is 45.0 Å². The molecule has 0 saturated heterocycles. The Morgan fingerprint density at radius 2 is 1.97 bits per heavy atom. The van der Waals surface area contributed by atoms with Crippen LogP contribution in [0.2, 0.25) is 0 Å². The molecule has 8 heteroatoms. The molecule has 0 unspecified atom stereocenters. The summed E-state index contributed by atoms with van der Waals surface area (Å²) in [5.41, 5.74) is 2.80. The molecule has 3 rings (SSSR count). The van der Waals surface area contributed by atoms with Gasteiger partial charge in [-0.05, 0) is 56.6 Å². The fraction of sp³-hybridized carbons (Fsp3) is 0.476. The summed E-state index contributed by atoms with van der Waals surface area (Å²) in [6.45, 7) is 7.74. The van der Waals surface area contributed by atoms with Crippen molar-refractivity contribution in [3.63, 3.8) is 0 Å². The number of fused-ring (bicyclic) bond motifs is 1. The predicted molar refractivity (Wildman–Crippen MR) is 122 cm³/mol. The molecule has 1 aliphatic carbocycles. The standard InChI is InChI=1S/C21H27BrN4O2S/c1-3-25(4-2)12-13-26-18-7-5-6-17(18)20(24-21(26)28)29-14-19(27)23-16-10-8-15(22)9-11-16/h8-11H,3-7,12-14H2,1-2H3,(H,23,27). The first-order chi connectivity index (χ1) is 14.0. The van der Waals surface area contributed by atoms with Gasteiger partial charge in [-0.2, -0.15) is 4.98 Å². The molecule has 0 saturated carbocycles. The highest BCUT2D eigenvalue weighted by molar-refractivity contribution is 9.10. The van der Waals surface area contributed by atoms with Gasteiger partial charge in [0.05, 0.1) is 5.75 Å². The zero-order chi connectivity index (χ0) is 20.8. The number of nitrogens with one attached hydrogen (secondary N) is 1. The molecule has 29 heavy (non-hydrogen) atoms. The van der Waals surface area contributed by atoms with Gasteiger partial charge < -0.3 is 10.2 Å². The molecule has 156 valence electrons. The number of amides is 1. The summed E-state index contributed by atoms with van der Waals surface area (Å²) < 4.78 is 2.80. The van der Waals surface area contributed by atoms with Gasteiger partial charge in [-0.15, -0.1) is 0 Å². The Kier molecular flexibility index (Phi) is 7.91. The van der Waals surface area contributed by atoms with Crippen LogP contribution in [-0.4, -0.2) is 45.7 Å². The monoisotopic (exact) mass is 478 g/mol. The molecule has 2 aromatic rings. The van der Waals surface area contributed by atoms with E-state index in [4.69, 9.17) is 0 Å². The second-order valence-electron chi connectivity index (χ2n) is 7.00. The molecule has 1 heterocycles. The molecule has 0 spiro atoms. The van der Waals surface area contributed by atoms with Crippen molar-refractivity contribution in [3.8, 4) is 0 Å². The number of rotatable bonds is 9. The minimum atomic E-state index is -0.200. The van der Waals surface area contributed by atoms with E-state index in [0.717, 1.165) is 60.3 Å². The number of hydrogen-bond acceptors (Lipinski definition) is 5. The molecule has 6 nitrogen and oxygen atoms in total. The highest BCUT2D eigenvalue weighted by atomic mass is 79.9. The fourth-order valence-electron chi connectivity index (χ4n) is 3.58. The van der Waals surface area contributed by atoms with Gasteiger partial charge in [-0.3, -0.25) is 9.36 Å². The van der Waals surface area contributed by atoms with Crippen LogP contribution in [0.25, 0.3) is 0 Å². The summed E-state index contributed by atoms with van der Waals surface area (Å²) in [6.07, 6.45) is 2.86. The molecule has 1 amide bonds. The summed E-state index contributed by atoms with van der Waals surface area (Å²) in [5, 5.41) is 3.60. The first-order valence-electron chi connectivity index (χ1n) is 10.0. The molecule has 1 aromatic carbocycles. The summed E-state index contributed by atoms with van der Waals surface area (Å²) in [4.78, 5) is 31.6. The molecule has 0 radical (unpaired) electrons. The summed E-state index contributed by atoms with van der Waals surface area (Å²) in [6, 6.07) is 7.46. The van der Waals surface area contributed by atoms with Gasteiger partial charge in [0.1, 0.15) is 5.03 Å². The lowest BCUT2D eigenvalue weighted by Crippen LogP contribution is -2.34. The van der Waals surface area contributed by atoms with Gasteiger partial charge in [-0.1, -0.05) is 41.5 Å². The highest BCUT2D eigenvalue weighted by Gasteiger charge is 2.22. The number of nitrogens with zero attached hydrogens (tertiary/aromatic N) is 3. The van der Waals surface area contributed by atoms with Gasteiger partial charge in [0.15, 0.2) is 0 Å². The Morgan fingerprint density at radius 1 is 1.24 bits per heavy atom. The van der Waals surface area contributed by atoms with Gasteiger partial charge in [0.25, 0.3) is 0 Å². The molecular formula is C21H27BrN4O2S. The quantitative estimate of drug-likeness (QED) is 0.440. The van der Waals surface area contributed by atoms with E-state index in [0.29, 0.717) is 11.6 Å². The third kappa shape index (κ3) is 5.71. The summed E-state index contributed by atoms with van der Waals surface area (Å²) in [7, 11) is 0. The van der Waals surface area contributed by atoms with Crippen molar-refractivity contribution >= 4 is 39.3 Å². The number of likely N-dealkylation sites (N-methyl/N-ethyl adjacent to an activating group) is 1. The van der Waals surface area contributed by atoms with Crippen molar-refractivity contribution in [1.29, 1.82) is 0 Å². The zero-order valence-corrected chi connectivity index (χ0v) is 19.3. The molecule has 0 fully saturated rings. The van der Waals surface area contributed by atoms with Crippen LogP contribution < -0.4 is 11.0 Å². The minimum Gasteiger partial charge on any atom is -0.325 e. The first-order valence-corrected chi connectivity index (χ1v) is 11.8. The van der Waals surface area contributed by atoms with Crippen LogP contribution in [-0.2, 0) is 24.2 Å². The molecular weight excluding hydrogens is 452 g/mol. The number of thioether (sulfide) groups is 1. The van der Waals surface area contributed by atoms with E-state index in [1.165, 1.54) is 11.8 Å². The van der Waals surface area contributed by atoms with E-state index in [9.17, 15) is 9.59 Å². The summed E-state index contributed by atoms with van der Waals surface area (Å²) in [5.74, 6) is 0.134. The highest BCUT2D eigenvalue weighted by Crippen LogP contribution is 2.29. The number of benzene rings is 1. The van der Waals surface area contributed by atoms with Crippen molar-refractivity contribution in [2.24, 2.45) is 0 Å². The van der Waals surface area contributed by atoms with Crippen LogP contribution in [0.4, 0.5) is 5.69 Å². The van der Waals surface area contributed by atoms with Crippen molar-refractivity contribution in [2.45, 2.75) is 44.7 Å². The first kappa shape index (κ1) is 22.1. The van der Waals surface area contributed by atoms with Crippen LogP contribution in [0.15, 0.2) is 38.6 Å². The summed E-state index contributed by atoms with van der Waals surface area (Å²) >= 11 is 4.74. The molecule has 0 aliphatic heterocycles. The lowest BCUT2D eigenvalue weighted by molar-refractivity contribution is -0.113. The SMILES string of the molecule is CCN(CC)CCn1c2c(c(SCC(=O)Nc3ccc(Br)cc3)nc1=O)CCC2. The second-order valence-corrected chi connectivity index (χ2v) is 8.88. The van der Waals surface area contributed by atoms with Crippen LogP contribution >= 0.6 is 27.7 Å². The van der Waals surface area contributed by atoms with Crippen LogP contribution in [0.1, 0.15) is 31.5 Å². The smallest absolute Gasteiger partial charge is 0.325 e. The van der Waals surface area contributed by atoms with E-state index in [-0.39, 0.29) is 17.3 Å². The Balaban J connectivity index is 1.68. The Labute approximate surface area is 184 Å².